The number of benzene rings is 1. The van der Waals surface area contributed by atoms with Gasteiger partial charge in [0.15, 0.2) is 0 Å². The summed E-state index contributed by atoms with van der Waals surface area (Å²) in [5.74, 6) is 1.72. The molecule has 18 heavy (non-hydrogen) atoms. The Morgan fingerprint density at radius 3 is 2.89 bits per heavy atom. The molecule has 1 aromatic heterocycles. The third-order valence-electron chi connectivity index (χ3n) is 2.78. The lowest BCUT2D eigenvalue weighted by Crippen LogP contribution is -1.99. The van der Waals surface area contributed by atoms with Crippen molar-refractivity contribution in [2.24, 2.45) is 0 Å². The number of ether oxygens (including phenoxy) is 1. The van der Waals surface area contributed by atoms with Crippen LogP contribution in [0, 0.1) is 6.92 Å². The Morgan fingerprint density at radius 1 is 1.33 bits per heavy atom. The van der Waals surface area contributed by atoms with Gasteiger partial charge < -0.3 is 10.1 Å². The Morgan fingerprint density at radius 2 is 2.17 bits per heavy atom. The number of nitrogens with one attached hydrogen (secondary N) is 2. The molecule has 0 saturated heterocycles. The van der Waals surface area contributed by atoms with Crippen molar-refractivity contribution in [2.45, 2.75) is 20.3 Å². The molecule has 4 nitrogen and oxygen atoms in total. The van der Waals surface area contributed by atoms with E-state index in [1.165, 1.54) is 5.56 Å². The van der Waals surface area contributed by atoms with Crippen LogP contribution in [0.1, 0.15) is 18.9 Å². The average molecular weight is 245 g/mol. The molecule has 0 radical (unpaired) electrons. The van der Waals surface area contributed by atoms with Crippen molar-refractivity contribution in [3.8, 4) is 17.0 Å². The zero-order valence-corrected chi connectivity index (χ0v) is 11.1. The molecule has 2 N–H and O–H groups in total. The molecule has 1 heterocycles. The van der Waals surface area contributed by atoms with Crippen molar-refractivity contribution in [2.75, 3.05) is 19.0 Å². The van der Waals surface area contributed by atoms with Crippen LogP contribution < -0.4 is 10.1 Å². The van der Waals surface area contributed by atoms with Crippen molar-refractivity contribution in [1.29, 1.82) is 0 Å². The van der Waals surface area contributed by atoms with Gasteiger partial charge in [0.05, 0.1) is 12.8 Å². The maximum absolute atomic E-state index is 5.38. The van der Waals surface area contributed by atoms with Crippen LogP contribution in [-0.2, 0) is 0 Å². The van der Waals surface area contributed by atoms with Gasteiger partial charge >= 0.3 is 0 Å². The van der Waals surface area contributed by atoms with E-state index in [1.807, 2.05) is 18.2 Å². The Labute approximate surface area is 107 Å². The lowest BCUT2D eigenvalue weighted by atomic mass is 10.1. The van der Waals surface area contributed by atoms with Gasteiger partial charge in [0, 0.05) is 18.2 Å². The zero-order valence-electron chi connectivity index (χ0n) is 11.1. The quantitative estimate of drug-likeness (QED) is 0.850. The maximum atomic E-state index is 5.38. The molecule has 0 aliphatic heterocycles. The molecule has 1 aromatic carbocycles. The van der Waals surface area contributed by atoms with Crippen molar-refractivity contribution >= 4 is 5.82 Å². The Kier molecular flexibility index (Phi) is 3.87. The van der Waals surface area contributed by atoms with E-state index in [1.54, 1.807) is 7.11 Å². The lowest BCUT2D eigenvalue weighted by Gasteiger charge is -2.07. The van der Waals surface area contributed by atoms with Crippen LogP contribution in [0.5, 0.6) is 5.75 Å². The van der Waals surface area contributed by atoms with E-state index in [0.29, 0.717) is 0 Å². The second-order valence-corrected chi connectivity index (χ2v) is 4.30. The molecule has 0 aliphatic rings. The Hall–Kier alpha value is -1.97. The summed E-state index contributed by atoms with van der Waals surface area (Å²) < 4.78 is 5.38. The summed E-state index contributed by atoms with van der Waals surface area (Å²) in [5.41, 5.74) is 3.20. The predicted molar refractivity (Wildman–Crippen MR) is 74.1 cm³/mol. The number of methoxy groups -OCH3 is 1. The molecule has 4 heteroatoms. The Balaban J connectivity index is 2.30. The Bertz CT molecular complexity index is 520. The third-order valence-corrected chi connectivity index (χ3v) is 2.78. The van der Waals surface area contributed by atoms with E-state index in [-0.39, 0.29) is 0 Å². The van der Waals surface area contributed by atoms with Gasteiger partial charge in [0.25, 0.3) is 0 Å². The fraction of sp³-hybridized carbons (Fsp3) is 0.357. The molecule has 2 aromatic rings. The van der Waals surface area contributed by atoms with E-state index >= 15 is 0 Å². The standard InChI is InChI=1S/C14H19N3O/c1-4-7-15-14-9-12(16-17-14)11-8-10(2)5-6-13(11)18-3/h5-6,8-9H,4,7H2,1-3H3,(H2,15,16,17). The molecule has 2 rings (SSSR count). The first-order chi connectivity index (χ1) is 8.74. The molecule has 0 unspecified atom stereocenters. The first-order valence-electron chi connectivity index (χ1n) is 6.19. The van der Waals surface area contributed by atoms with Crippen molar-refractivity contribution in [3.63, 3.8) is 0 Å². The van der Waals surface area contributed by atoms with Gasteiger partial charge in [0.2, 0.25) is 0 Å². The molecule has 0 fully saturated rings. The zero-order chi connectivity index (χ0) is 13.0. The maximum Gasteiger partial charge on any atom is 0.148 e. The molecular weight excluding hydrogens is 226 g/mol. The number of hydrogen-bond acceptors (Lipinski definition) is 3. The van der Waals surface area contributed by atoms with E-state index in [2.05, 4.69) is 35.4 Å². The summed E-state index contributed by atoms with van der Waals surface area (Å²) in [7, 11) is 1.68. The van der Waals surface area contributed by atoms with Crippen molar-refractivity contribution in [3.05, 3.63) is 29.8 Å². The van der Waals surface area contributed by atoms with Crippen LogP contribution in [0.25, 0.3) is 11.3 Å². The first kappa shape index (κ1) is 12.5. The highest BCUT2D eigenvalue weighted by Crippen LogP contribution is 2.30. The van der Waals surface area contributed by atoms with E-state index in [0.717, 1.165) is 35.8 Å². The van der Waals surface area contributed by atoms with Crippen LogP contribution >= 0.6 is 0 Å². The predicted octanol–water partition coefficient (Wildman–Crippen LogP) is 3.22. The second-order valence-electron chi connectivity index (χ2n) is 4.30. The van der Waals surface area contributed by atoms with Gasteiger partial charge in [-0.2, -0.15) is 5.10 Å². The minimum absolute atomic E-state index is 0.853. The van der Waals surface area contributed by atoms with Crippen LogP contribution in [0.15, 0.2) is 24.3 Å². The number of rotatable bonds is 5. The van der Waals surface area contributed by atoms with Gasteiger partial charge in [-0.05, 0) is 25.5 Å². The lowest BCUT2D eigenvalue weighted by molar-refractivity contribution is 0.416. The molecule has 0 bridgehead atoms. The normalized spacial score (nSPS) is 10.4. The number of anilines is 1. The van der Waals surface area contributed by atoms with Gasteiger partial charge in [-0.1, -0.05) is 18.6 Å². The molecule has 0 aliphatic carbocycles. The summed E-state index contributed by atoms with van der Waals surface area (Å²) in [5, 5.41) is 10.5. The number of aromatic nitrogens is 2. The molecule has 0 spiro atoms. The monoisotopic (exact) mass is 245 g/mol. The second kappa shape index (κ2) is 5.58. The smallest absolute Gasteiger partial charge is 0.148 e. The minimum atomic E-state index is 0.853. The van der Waals surface area contributed by atoms with Gasteiger partial charge in [-0.3, -0.25) is 5.10 Å². The van der Waals surface area contributed by atoms with Crippen LogP contribution in [-0.4, -0.2) is 23.9 Å². The topological polar surface area (TPSA) is 49.9 Å². The fourth-order valence-electron chi connectivity index (χ4n) is 1.84. The average Bonchev–Trinajstić information content (AvgIpc) is 2.85. The highest BCUT2D eigenvalue weighted by molar-refractivity contribution is 5.70. The van der Waals surface area contributed by atoms with E-state index < -0.39 is 0 Å². The third kappa shape index (κ3) is 2.64. The van der Waals surface area contributed by atoms with E-state index in [4.69, 9.17) is 4.74 Å². The SMILES string of the molecule is CCCNc1cc(-c2cc(C)ccc2OC)[nH]n1. The van der Waals surface area contributed by atoms with Crippen molar-refractivity contribution < 1.29 is 4.74 Å². The van der Waals surface area contributed by atoms with Crippen LogP contribution in [0.2, 0.25) is 0 Å². The molecule has 0 atom stereocenters. The van der Waals surface area contributed by atoms with Crippen molar-refractivity contribution in [1.82, 2.24) is 10.2 Å². The highest BCUT2D eigenvalue weighted by atomic mass is 16.5. The number of hydrogen-bond donors (Lipinski definition) is 2. The summed E-state index contributed by atoms with van der Waals surface area (Å²) in [6, 6.07) is 8.11. The van der Waals surface area contributed by atoms with Crippen LogP contribution in [0.4, 0.5) is 5.82 Å². The number of H-pyrrole nitrogens is 1. The van der Waals surface area contributed by atoms with Gasteiger partial charge in [-0.25, -0.2) is 0 Å². The summed E-state index contributed by atoms with van der Waals surface area (Å²) >= 11 is 0. The number of aryl methyl sites for hydroxylation is 1. The number of nitrogens with zero attached hydrogens (tertiary/aromatic N) is 1. The summed E-state index contributed by atoms with van der Waals surface area (Å²) in [6.45, 7) is 5.12. The summed E-state index contributed by atoms with van der Waals surface area (Å²) in [6.07, 6.45) is 1.08. The largest absolute Gasteiger partial charge is 0.496 e. The molecule has 96 valence electrons. The number of aromatic amines is 1. The van der Waals surface area contributed by atoms with Gasteiger partial charge in [0.1, 0.15) is 11.6 Å². The summed E-state index contributed by atoms with van der Waals surface area (Å²) in [4.78, 5) is 0. The molecule has 0 saturated carbocycles. The van der Waals surface area contributed by atoms with Crippen LogP contribution in [0.3, 0.4) is 0 Å². The first-order valence-corrected chi connectivity index (χ1v) is 6.19. The van der Waals surface area contributed by atoms with Gasteiger partial charge in [-0.15, -0.1) is 0 Å². The molecule has 0 amide bonds. The minimum Gasteiger partial charge on any atom is -0.496 e. The highest BCUT2D eigenvalue weighted by Gasteiger charge is 2.09. The molecular formula is C14H19N3O. The fourth-order valence-corrected chi connectivity index (χ4v) is 1.84. The van der Waals surface area contributed by atoms with E-state index in [9.17, 15) is 0 Å².